The summed E-state index contributed by atoms with van der Waals surface area (Å²) in [6.07, 6.45) is 4.35. The minimum atomic E-state index is -0.206. The Kier molecular flexibility index (Phi) is 4.71. The number of nitrogens with one attached hydrogen (secondary N) is 1. The Morgan fingerprint density at radius 1 is 1.43 bits per heavy atom. The van der Waals surface area contributed by atoms with Gasteiger partial charge < -0.3 is 14.8 Å². The van der Waals surface area contributed by atoms with E-state index in [1.54, 1.807) is 23.0 Å². The molecule has 1 aliphatic heterocycles. The highest BCUT2D eigenvalue weighted by Gasteiger charge is 2.19. The molecule has 0 fully saturated rings. The molecule has 6 nitrogen and oxygen atoms in total. The number of nitrogens with zero attached hydrogens (tertiary/aromatic N) is 2. The average molecular weight is 336 g/mol. The van der Waals surface area contributed by atoms with E-state index in [1.807, 2.05) is 19.2 Å². The van der Waals surface area contributed by atoms with Crippen LogP contribution in [0.3, 0.4) is 0 Å². The van der Waals surface area contributed by atoms with Crippen molar-refractivity contribution in [1.82, 2.24) is 15.1 Å². The number of carbonyl (C=O) groups excluding carboxylic acids is 1. The van der Waals surface area contributed by atoms with Crippen molar-refractivity contribution in [2.45, 2.75) is 25.9 Å². The van der Waals surface area contributed by atoms with Crippen LogP contribution in [0.25, 0.3) is 0 Å². The van der Waals surface area contributed by atoms with E-state index in [1.165, 1.54) is 0 Å². The Hall–Kier alpha value is -2.21. The molecule has 1 atom stereocenters. The van der Waals surface area contributed by atoms with E-state index in [4.69, 9.17) is 21.1 Å². The van der Waals surface area contributed by atoms with Gasteiger partial charge in [-0.05, 0) is 25.1 Å². The molecule has 3 rings (SSSR count). The molecule has 23 heavy (non-hydrogen) atoms. The highest BCUT2D eigenvalue weighted by atomic mass is 35.5. The summed E-state index contributed by atoms with van der Waals surface area (Å²) in [5, 5.41) is 7.44. The monoisotopic (exact) mass is 335 g/mol. The van der Waals surface area contributed by atoms with Gasteiger partial charge in [0, 0.05) is 30.4 Å². The maximum atomic E-state index is 12.4. The van der Waals surface area contributed by atoms with Gasteiger partial charge in [-0.2, -0.15) is 5.10 Å². The van der Waals surface area contributed by atoms with Crippen LogP contribution in [0.1, 0.15) is 23.7 Å². The van der Waals surface area contributed by atoms with E-state index < -0.39 is 0 Å². The smallest absolute Gasteiger partial charge is 0.251 e. The van der Waals surface area contributed by atoms with E-state index in [9.17, 15) is 4.79 Å². The molecule has 1 aromatic carbocycles. The molecule has 1 aromatic heterocycles. The summed E-state index contributed by atoms with van der Waals surface area (Å²) in [4.78, 5) is 12.4. The number of rotatable bonds is 4. The fraction of sp³-hybridized carbons (Fsp3) is 0.375. The molecule has 0 saturated heterocycles. The fourth-order valence-electron chi connectivity index (χ4n) is 2.40. The predicted molar refractivity (Wildman–Crippen MR) is 86.2 cm³/mol. The second-order valence-electron chi connectivity index (χ2n) is 5.44. The summed E-state index contributed by atoms with van der Waals surface area (Å²) in [5.41, 5.74) is 0.451. The van der Waals surface area contributed by atoms with Crippen molar-refractivity contribution in [3.05, 3.63) is 41.2 Å². The Labute approximate surface area is 139 Å². The van der Waals surface area contributed by atoms with Gasteiger partial charge in [0.25, 0.3) is 5.91 Å². The fourth-order valence-corrected chi connectivity index (χ4v) is 2.67. The van der Waals surface area contributed by atoms with Crippen LogP contribution in [0.15, 0.2) is 30.6 Å². The van der Waals surface area contributed by atoms with Crippen LogP contribution in [0.4, 0.5) is 0 Å². The zero-order valence-electron chi connectivity index (χ0n) is 12.8. The summed E-state index contributed by atoms with van der Waals surface area (Å²) in [6, 6.07) is 5.04. The van der Waals surface area contributed by atoms with Crippen LogP contribution in [-0.2, 0) is 6.54 Å². The first-order valence-electron chi connectivity index (χ1n) is 7.51. The quantitative estimate of drug-likeness (QED) is 0.932. The number of carbonyl (C=O) groups is 1. The van der Waals surface area contributed by atoms with E-state index in [0.29, 0.717) is 41.8 Å². The topological polar surface area (TPSA) is 65.4 Å². The number of hydrogen-bond donors (Lipinski definition) is 1. The van der Waals surface area contributed by atoms with E-state index in [2.05, 4.69) is 10.4 Å². The maximum absolute atomic E-state index is 12.4. The first-order chi connectivity index (χ1) is 11.1. The number of hydrogen-bond acceptors (Lipinski definition) is 4. The largest absolute Gasteiger partial charge is 0.489 e. The molecule has 0 radical (unpaired) electrons. The molecule has 0 bridgehead atoms. The Bertz CT molecular complexity index is 688. The second-order valence-corrected chi connectivity index (χ2v) is 5.85. The number of fused-ring (bicyclic) bond motifs is 1. The molecule has 122 valence electrons. The summed E-state index contributed by atoms with van der Waals surface area (Å²) >= 11 is 6.22. The number of aromatic nitrogens is 2. The summed E-state index contributed by atoms with van der Waals surface area (Å²) < 4.78 is 12.9. The maximum Gasteiger partial charge on any atom is 0.251 e. The lowest BCUT2D eigenvalue weighted by atomic mass is 10.1. The summed E-state index contributed by atoms with van der Waals surface area (Å²) in [5.74, 6) is 0.812. The molecule has 1 aliphatic rings. The molecular formula is C16H18ClN3O3. The lowest BCUT2D eigenvalue weighted by Gasteiger charge is -2.15. The van der Waals surface area contributed by atoms with E-state index >= 15 is 0 Å². The van der Waals surface area contributed by atoms with Gasteiger partial charge in [0.2, 0.25) is 0 Å². The highest BCUT2D eigenvalue weighted by Crippen LogP contribution is 2.37. The van der Waals surface area contributed by atoms with Crippen molar-refractivity contribution in [1.29, 1.82) is 0 Å². The Balaban J connectivity index is 1.72. The van der Waals surface area contributed by atoms with Crippen molar-refractivity contribution in [2.24, 2.45) is 0 Å². The first kappa shape index (κ1) is 15.7. The third kappa shape index (κ3) is 3.76. The molecule has 2 aromatic rings. The first-order valence-corrected chi connectivity index (χ1v) is 7.88. The molecule has 1 N–H and O–H groups in total. The van der Waals surface area contributed by atoms with Crippen molar-refractivity contribution in [2.75, 3.05) is 13.2 Å². The molecule has 1 amide bonds. The molecular weight excluding hydrogens is 318 g/mol. The van der Waals surface area contributed by atoms with Gasteiger partial charge in [-0.25, -0.2) is 0 Å². The minimum absolute atomic E-state index is 0.0721. The zero-order chi connectivity index (χ0) is 16.2. The number of halogens is 1. The van der Waals surface area contributed by atoms with Crippen LogP contribution in [0, 0.1) is 0 Å². The second kappa shape index (κ2) is 6.91. The molecule has 0 spiro atoms. The van der Waals surface area contributed by atoms with Gasteiger partial charge in [0.1, 0.15) is 0 Å². The van der Waals surface area contributed by atoms with Crippen molar-refractivity contribution >= 4 is 17.5 Å². The summed E-state index contributed by atoms with van der Waals surface area (Å²) in [6.45, 7) is 3.62. The van der Waals surface area contributed by atoms with E-state index in [0.717, 1.165) is 6.42 Å². The highest BCUT2D eigenvalue weighted by molar-refractivity contribution is 6.32. The van der Waals surface area contributed by atoms with Crippen molar-refractivity contribution in [3.8, 4) is 11.5 Å². The summed E-state index contributed by atoms with van der Waals surface area (Å²) in [7, 11) is 0. The van der Waals surface area contributed by atoms with Gasteiger partial charge in [0.15, 0.2) is 11.5 Å². The molecule has 7 heteroatoms. The standard InChI is InChI=1S/C16H18ClN3O3/c1-11(10-20-5-2-4-18-20)19-16(21)12-8-13(17)15-14(9-12)22-6-3-7-23-15/h2,4-5,8-9,11H,3,6-7,10H2,1H3,(H,19,21). The number of benzene rings is 1. The lowest BCUT2D eigenvalue weighted by molar-refractivity contribution is 0.0935. The van der Waals surface area contributed by atoms with Crippen molar-refractivity contribution in [3.63, 3.8) is 0 Å². The zero-order valence-corrected chi connectivity index (χ0v) is 13.5. The SMILES string of the molecule is CC(Cn1cccn1)NC(=O)c1cc(Cl)c2c(c1)OCCCO2. The van der Waals surface area contributed by atoms with Crippen LogP contribution < -0.4 is 14.8 Å². The predicted octanol–water partition coefficient (Wildman–Crippen LogP) is 2.52. The molecule has 0 saturated carbocycles. The van der Waals surface area contributed by atoms with Crippen LogP contribution >= 0.6 is 11.6 Å². The van der Waals surface area contributed by atoms with Gasteiger partial charge in [-0.3, -0.25) is 9.48 Å². The molecule has 1 unspecified atom stereocenters. The minimum Gasteiger partial charge on any atom is -0.489 e. The third-order valence-corrected chi connectivity index (χ3v) is 3.74. The van der Waals surface area contributed by atoms with Crippen LogP contribution in [0.5, 0.6) is 11.5 Å². The van der Waals surface area contributed by atoms with Crippen LogP contribution in [-0.4, -0.2) is 34.9 Å². The average Bonchev–Trinajstić information content (AvgIpc) is 2.89. The lowest BCUT2D eigenvalue weighted by Crippen LogP contribution is -2.35. The number of amides is 1. The number of ether oxygens (including phenoxy) is 2. The van der Waals surface area contributed by atoms with Gasteiger partial charge in [0.05, 0.1) is 24.8 Å². The van der Waals surface area contributed by atoms with Gasteiger partial charge in [-0.1, -0.05) is 11.6 Å². The molecule has 2 heterocycles. The third-order valence-electron chi connectivity index (χ3n) is 3.46. The Morgan fingerprint density at radius 2 is 2.26 bits per heavy atom. The van der Waals surface area contributed by atoms with Crippen molar-refractivity contribution < 1.29 is 14.3 Å². The Morgan fingerprint density at radius 3 is 3.04 bits per heavy atom. The van der Waals surface area contributed by atoms with E-state index in [-0.39, 0.29) is 11.9 Å². The molecule has 0 aliphatic carbocycles. The normalized spacial score (nSPS) is 14.9. The van der Waals surface area contributed by atoms with Gasteiger partial charge >= 0.3 is 0 Å². The van der Waals surface area contributed by atoms with Crippen LogP contribution in [0.2, 0.25) is 5.02 Å². The van der Waals surface area contributed by atoms with Gasteiger partial charge in [-0.15, -0.1) is 0 Å².